The Kier molecular flexibility index (Phi) is 7.57. The van der Waals surface area contributed by atoms with Crippen molar-refractivity contribution in [3.05, 3.63) is 176 Å². The summed E-state index contributed by atoms with van der Waals surface area (Å²) < 4.78 is 9.04. The van der Waals surface area contributed by atoms with E-state index in [-0.39, 0.29) is 0 Å². The molecule has 0 radical (unpaired) electrons. The fraction of sp³-hybridized carbons (Fsp3) is 0. The summed E-state index contributed by atoms with van der Waals surface area (Å²) in [5.41, 5.74) is 10.1. The highest BCUT2D eigenvalue weighted by molar-refractivity contribution is 7.26. The largest absolute Gasteiger partial charge is 0.455 e. The van der Waals surface area contributed by atoms with Crippen LogP contribution in [0.2, 0.25) is 0 Å². The Morgan fingerprint density at radius 1 is 0.375 bits per heavy atom. The molecule has 0 aliphatic rings. The molecule has 6 nitrogen and oxygen atoms in total. The molecule has 0 aliphatic carbocycles. The maximum Gasteiger partial charge on any atom is 0.164 e. The van der Waals surface area contributed by atoms with Crippen molar-refractivity contribution in [1.29, 1.82) is 0 Å². The number of nitrogens with zero attached hydrogens (tertiary/aromatic N) is 5. The van der Waals surface area contributed by atoms with Crippen LogP contribution < -0.4 is 0 Å². The summed E-state index contributed by atoms with van der Waals surface area (Å²) in [5.74, 6) is 2.45. The zero-order chi connectivity index (χ0) is 37.0. The Morgan fingerprint density at radius 3 is 1.66 bits per heavy atom. The first-order chi connectivity index (χ1) is 27.7. The fourth-order valence-electron chi connectivity index (χ4n) is 7.43. The Hall–Kier alpha value is -7.35. The van der Waals surface area contributed by atoms with Crippen molar-refractivity contribution in [2.45, 2.75) is 0 Å². The zero-order valence-corrected chi connectivity index (χ0v) is 30.6. The molecule has 56 heavy (non-hydrogen) atoms. The second kappa shape index (κ2) is 13.2. The van der Waals surface area contributed by atoms with Gasteiger partial charge in [-0.2, -0.15) is 0 Å². The van der Waals surface area contributed by atoms with Gasteiger partial charge in [0.15, 0.2) is 23.3 Å². The van der Waals surface area contributed by atoms with Gasteiger partial charge < -0.3 is 4.42 Å². The van der Waals surface area contributed by atoms with E-state index in [1.165, 1.54) is 4.70 Å². The third-order valence-corrected chi connectivity index (χ3v) is 11.3. The minimum atomic E-state index is 0.567. The first-order valence-electron chi connectivity index (χ1n) is 18.4. The van der Waals surface area contributed by atoms with Crippen LogP contribution in [0.3, 0.4) is 0 Å². The van der Waals surface area contributed by atoms with E-state index in [4.69, 9.17) is 29.3 Å². The van der Waals surface area contributed by atoms with Crippen LogP contribution >= 0.6 is 11.3 Å². The first-order valence-corrected chi connectivity index (χ1v) is 19.2. The smallest absolute Gasteiger partial charge is 0.164 e. The molecular formula is C49H29N5OS. The third-order valence-electron chi connectivity index (χ3n) is 10.2. The van der Waals surface area contributed by atoms with Gasteiger partial charge in [0.05, 0.1) is 15.9 Å². The third kappa shape index (κ3) is 5.52. The number of fused-ring (bicyclic) bond motifs is 6. The molecule has 11 aromatic rings. The van der Waals surface area contributed by atoms with E-state index in [2.05, 4.69) is 97.1 Å². The maximum atomic E-state index is 6.84. The molecule has 4 heterocycles. The Balaban J connectivity index is 1.08. The molecule has 0 fully saturated rings. The van der Waals surface area contributed by atoms with Crippen molar-refractivity contribution in [3.63, 3.8) is 0 Å². The van der Waals surface area contributed by atoms with Crippen molar-refractivity contribution in [3.8, 4) is 67.9 Å². The Labute approximate surface area is 325 Å². The average Bonchev–Trinajstić information content (AvgIpc) is 3.85. The number of hydrogen-bond donors (Lipinski definition) is 0. The number of rotatable bonds is 6. The van der Waals surface area contributed by atoms with Crippen molar-refractivity contribution in [2.75, 3.05) is 0 Å². The van der Waals surface area contributed by atoms with Crippen LogP contribution in [-0.4, -0.2) is 24.9 Å². The molecule has 0 saturated carbocycles. The van der Waals surface area contributed by atoms with Gasteiger partial charge in [0.1, 0.15) is 11.2 Å². The van der Waals surface area contributed by atoms with Crippen LogP contribution in [0, 0.1) is 0 Å². The summed E-state index contributed by atoms with van der Waals surface area (Å²) in [7, 11) is 0. The highest BCUT2D eigenvalue weighted by Crippen LogP contribution is 2.43. The molecule has 0 N–H and O–H groups in total. The monoisotopic (exact) mass is 735 g/mol. The predicted octanol–water partition coefficient (Wildman–Crippen LogP) is 12.9. The molecule has 0 unspecified atom stereocenters. The number of hydrogen-bond acceptors (Lipinski definition) is 7. The summed E-state index contributed by atoms with van der Waals surface area (Å²) in [6.45, 7) is 0. The van der Waals surface area contributed by atoms with Gasteiger partial charge in [0.25, 0.3) is 0 Å². The number of aromatic nitrogens is 5. The lowest BCUT2D eigenvalue weighted by Gasteiger charge is -2.09. The number of para-hydroxylation sites is 1. The molecule has 11 rings (SSSR count). The van der Waals surface area contributed by atoms with Crippen LogP contribution in [0.1, 0.15) is 0 Å². The molecule has 0 atom stereocenters. The van der Waals surface area contributed by atoms with Gasteiger partial charge in [-0.15, -0.1) is 11.3 Å². The van der Waals surface area contributed by atoms with Gasteiger partial charge in [-0.25, -0.2) is 24.9 Å². The first kappa shape index (κ1) is 32.1. The van der Waals surface area contributed by atoms with Crippen molar-refractivity contribution in [2.24, 2.45) is 0 Å². The average molecular weight is 736 g/mol. The van der Waals surface area contributed by atoms with E-state index in [1.54, 1.807) is 11.3 Å². The minimum Gasteiger partial charge on any atom is -0.455 e. The standard InChI is InChI=1S/C49H29N5OS/c1-4-14-30(15-5-1)33-20-12-21-34(28-33)48-52-47(32-18-8-3-9-19-32)53-49(54-48)35-26-27-36-37-23-13-24-39(44(37)55-40(36)29-35)43-45-42(38-22-10-11-25-41(38)56-45)50-46(51-43)31-16-6-2-7-17-31/h1-29H. The van der Waals surface area contributed by atoms with E-state index in [0.717, 1.165) is 82.2 Å². The zero-order valence-electron chi connectivity index (χ0n) is 29.8. The Bertz CT molecular complexity index is 3250. The van der Waals surface area contributed by atoms with Crippen LogP contribution in [0.5, 0.6) is 0 Å². The van der Waals surface area contributed by atoms with Crippen molar-refractivity contribution in [1.82, 2.24) is 24.9 Å². The summed E-state index contributed by atoms with van der Waals surface area (Å²) in [6.07, 6.45) is 0. The molecule has 0 amide bonds. The number of furan rings is 1. The highest BCUT2D eigenvalue weighted by Gasteiger charge is 2.21. The van der Waals surface area contributed by atoms with E-state index < -0.39 is 0 Å². The quantitative estimate of drug-likeness (QED) is 0.169. The fourth-order valence-corrected chi connectivity index (χ4v) is 8.58. The molecule has 7 aromatic carbocycles. The van der Waals surface area contributed by atoms with Gasteiger partial charge in [-0.1, -0.05) is 146 Å². The molecule has 0 spiro atoms. The molecule has 0 saturated heterocycles. The van der Waals surface area contributed by atoms with E-state index in [0.29, 0.717) is 23.3 Å². The Morgan fingerprint density at radius 2 is 0.929 bits per heavy atom. The van der Waals surface area contributed by atoms with Gasteiger partial charge in [-0.3, -0.25) is 0 Å². The SMILES string of the molecule is c1ccc(-c2cccc(-c3nc(-c4ccccc4)nc(-c4ccc5c(c4)oc4c(-c6nc(-c7ccccc7)nc7c6sc6ccccc67)cccc45)n3)c2)cc1. The lowest BCUT2D eigenvalue weighted by molar-refractivity contribution is 0.670. The van der Waals surface area contributed by atoms with Gasteiger partial charge >= 0.3 is 0 Å². The summed E-state index contributed by atoms with van der Waals surface area (Å²) in [5, 5.41) is 3.13. The molecule has 4 aromatic heterocycles. The summed E-state index contributed by atoms with van der Waals surface area (Å²) in [4.78, 5) is 25.4. The van der Waals surface area contributed by atoms with E-state index in [9.17, 15) is 0 Å². The molecule has 0 bridgehead atoms. The second-order valence-electron chi connectivity index (χ2n) is 13.7. The highest BCUT2D eigenvalue weighted by atomic mass is 32.1. The van der Waals surface area contributed by atoms with Crippen molar-refractivity contribution < 1.29 is 4.42 Å². The van der Waals surface area contributed by atoms with Crippen LogP contribution in [-0.2, 0) is 0 Å². The van der Waals surface area contributed by atoms with Gasteiger partial charge in [-0.05, 0) is 41.5 Å². The lowest BCUT2D eigenvalue weighted by Crippen LogP contribution is -2.00. The maximum absolute atomic E-state index is 6.84. The number of thiophene rings is 1. The van der Waals surface area contributed by atoms with Crippen LogP contribution in [0.25, 0.3) is 110 Å². The van der Waals surface area contributed by atoms with Gasteiger partial charge in [0, 0.05) is 48.7 Å². The van der Waals surface area contributed by atoms with Crippen LogP contribution in [0.15, 0.2) is 180 Å². The summed E-state index contributed by atoms with van der Waals surface area (Å²) in [6, 6.07) is 59.8. The molecular weight excluding hydrogens is 707 g/mol. The van der Waals surface area contributed by atoms with Crippen molar-refractivity contribution >= 4 is 53.6 Å². The number of benzene rings is 7. The molecule has 0 aliphatic heterocycles. The lowest BCUT2D eigenvalue weighted by atomic mass is 10.0. The van der Waals surface area contributed by atoms with E-state index in [1.807, 2.05) is 78.9 Å². The second-order valence-corrected chi connectivity index (χ2v) is 14.7. The van der Waals surface area contributed by atoms with E-state index >= 15 is 0 Å². The predicted molar refractivity (Wildman–Crippen MR) is 228 cm³/mol. The normalized spacial score (nSPS) is 11.6. The van der Waals surface area contributed by atoms with Gasteiger partial charge in [0.2, 0.25) is 0 Å². The summed E-state index contributed by atoms with van der Waals surface area (Å²) >= 11 is 1.71. The minimum absolute atomic E-state index is 0.567. The molecule has 262 valence electrons. The molecule has 7 heteroatoms. The van der Waals surface area contributed by atoms with Crippen LogP contribution in [0.4, 0.5) is 0 Å². The topological polar surface area (TPSA) is 77.6 Å².